The topological polar surface area (TPSA) is 20.2 Å². The summed E-state index contributed by atoms with van der Waals surface area (Å²) in [5, 5.41) is 10.0. The molecule has 2 aromatic rings. The van der Waals surface area contributed by atoms with Crippen molar-refractivity contribution in [2.45, 2.75) is 6.10 Å². The number of aliphatic hydroxyl groups is 1. The number of hydrogen-bond donors (Lipinski definition) is 1. The van der Waals surface area contributed by atoms with E-state index in [9.17, 15) is 18.3 Å². The molecule has 0 aliphatic heterocycles. The largest absolute Gasteiger partial charge is 0.384 e. The Morgan fingerprint density at radius 3 is 2.28 bits per heavy atom. The molecule has 94 valence electrons. The van der Waals surface area contributed by atoms with Gasteiger partial charge in [0.1, 0.15) is 23.6 Å². The molecule has 0 aliphatic carbocycles. The number of benzene rings is 2. The molecule has 0 saturated carbocycles. The Hall–Kier alpha value is -1.52. The van der Waals surface area contributed by atoms with Gasteiger partial charge in [0.15, 0.2) is 0 Å². The first-order chi connectivity index (χ1) is 8.47. The van der Waals surface area contributed by atoms with Gasteiger partial charge in [-0.25, -0.2) is 13.2 Å². The second-order valence-corrected chi connectivity index (χ2v) is 4.21. The lowest BCUT2D eigenvalue weighted by molar-refractivity contribution is 0.214. The second-order valence-electron chi connectivity index (χ2n) is 3.77. The van der Waals surface area contributed by atoms with Crippen molar-refractivity contribution < 1.29 is 18.3 Å². The molecule has 0 spiro atoms. The van der Waals surface area contributed by atoms with Gasteiger partial charge in [-0.2, -0.15) is 0 Å². The summed E-state index contributed by atoms with van der Waals surface area (Å²) in [5.74, 6) is -2.29. The number of rotatable bonds is 2. The van der Waals surface area contributed by atoms with Crippen LogP contribution < -0.4 is 0 Å². The Labute approximate surface area is 106 Å². The molecule has 0 heterocycles. The molecular weight excluding hydrogens is 265 g/mol. The van der Waals surface area contributed by atoms with Crippen molar-refractivity contribution in [1.82, 2.24) is 0 Å². The third-order valence-corrected chi connectivity index (χ3v) is 2.68. The normalized spacial score (nSPS) is 12.5. The fourth-order valence-electron chi connectivity index (χ4n) is 1.64. The van der Waals surface area contributed by atoms with Gasteiger partial charge >= 0.3 is 0 Å². The monoisotopic (exact) mass is 272 g/mol. The summed E-state index contributed by atoms with van der Waals surface area (Å²) in [6.07, 6.45) is -1.40. The van der Waals surface area contributed by atoms with Gasteiger partial charge in [-0.3, -0.25) is 0 Å². The summed E-state index contributed by atoms with van der Waals surface area (Å²) >= 11 is 5.64. The quantitative estimate of drug-likeness (QED) is 0.881. The van der Waals surface area contributed by atoms with Crippen LogP contribution in [0.15, 0.2) is 36.4 Å². The Bertz CT molecular complexity index is 566. The van der Waals surface area contributed by atoms with E-state index in [4.69, 9.17) is 11.6 Å². The van der Waals surface area contributed by atoms with E-state index in [-0.39, 0.29) is 16.1 Å². The molecular formula is C13H8ClF3O. The van der Waals surface area contributed by atoms with Crippen LogP contribution in [0.2, 0.25) is 5.02 Å². The van der Waals surface area contributed by atoms with E-state index < -0.39 is 23.6 Å². The summed E-state index contributed by atoms with van der Waals surface area (Å²) < 4.78 is 39.3. The fourth-order valence-corrected chi connectivity index (χ4v) is 1.87. The highest BCUT2D eigenvalue weighted by molar-refractivity contribution is 6.30. The van der Waals surface area contributed by atoms with Crippen LogP contribution in [0, 0.1) is 17.5 Å². The van der Waals surface area contributed by atoms with Gasteiger partial charge in [0.05, 0.1) is 0 Å². The highest BCUT2D eigenvalue weighted by atomic mass is 35.5. The average molecular weight is 273 g/mol. The second kappa shape index (κ2) is 5.00. The Morgan fingerprint density at radius 1 is 0.944 bits per heavy atom. The van der Waals surface area contributed by atoms with Crippen molar-refractivity contribution in [2.75, 3.05) is 0 Å². The van der Waals surface area contributed by atoms with E-state index >= 15 is 0 Å². The molecule has 1 N–H and O–H groups in total. The van der Waals surface area contributed by atoms with Crippen LogP contribution in [0.3, 0.4) is 0 Å². The van der Waals surface area contributed by atoms with E-state index in [0.717, 1.165) is 24.3 Å². The lowest BCUT2D eigenvalue weighted by atomic mass is 10.0. The number of aliphatic hydroxyl groups excluding tert-OH is 1. The minimum Gasteiger partial charge on any atom is -0.384 e. The molecule has 0 radical (unpaired) electrons. The molecule has 0 fully saturated rings. The molecule has 0 aliphatic rings. The van der Waals surface area contributed by atoms with Crippen molar-refractivity contribution in [3.8, 4) is 0 Å². The van der Waals surface area contributed by atoms with Gasteiger partial charge in [0, 0.05) is 16.7 Å². The zero-order chi connectivity index (χ0) is 13.3. The molecule has 1 unspecified atom stereocenters. The molecule has 0 saturated heterocycles. The van der Waals surface area contributed by atoms with Crippen molar-refractivity contribution in [3.63, 3.8) is 0 Å². The maximum absolute atomic E-state index is 13.5. The van der Waals surface area contributed by atoms with E-state index in [0.29, 0.717) is 6.07 Å². The van der Waals surface area contributed by atoms with E-state index in [1.165, 1.54) is 6.07 Å². The molecule has 18 heavy (non-hydrogen) atoms. The van der Waals surface area contributed by atoms with Gasteiger partial charge in [0.25, 0.3) is 0 Å². The SMILES string of the molecule is OC(c1cc(F)cc(Cl)c1)c1ccc(F)cc1F. The predicted molar refractivity (Wildman–Crippen MR) is 61.8 cm³/mol. The van der Waals surface area contributed by atoms with Gasteiger partial charge in [-0.1, -0.05) is 17.7 Å². The third kappa shape index (κ3) is 2.66. The first kappa shape index (κ1) is 12.9. The third-order valence-electron chi connectivity index (χ3n) is 2.46. The van der Waals surface area contributed by atoms with E-state index in [1.807, 2.05) is 0 Å². The van der Waals surface area contributed by atoms with E-state index in [2.05, 4.69) is 0 Å². The summed E-state index contributed by atoms with van der Waals surface area (Å²) in [5.41, 5.74) is -0.0384. The van der Waals surface area contributed by atoms with Crippen molar-refractivity contribution in [3.05, 3.63) is 70.0 Å². The number of hydrogen-bond acceptors (Lipinski definition) is 1. The van der Waals surface area contributed by atoms with Crippen LogP contribution in [0.1, 0.15) is 17.2 Å². The Kier molecular flexibility index (Phi) is 3.59. The Morgan fingerprint density at radius 2 is 1.67 bits per heavy atom. The minimum absolute atomic E-state index is 0.0894. The molecule has 1 nitrogen and oxygen atoms in total. The lowest BCUT2D eigenvalue weighted by Crippen LogP contribution is -2.03. The van der Waals surface area contributed by atoms with E-state index in [1.54, 1.807) is 0 Å². The molecule has 1 atom stereocenters. The van der Waals surface area contributed by atoms with Crippen molar-refractivity contribution in [1.29, 1.82) is 0 Å². The van der Waals surface area contributed by atoms with Crippen LogP contribution in [0.5, 0.6) is 0 Å². The first-order valence-electron chi connectivity index (χ1n) is 5.06. The standard InChI is InChI=1S/C13H8ClF3O/c14-8-3-7(4-10(16)5-8)13(18)11-2-1-9(15)6-12(11)17/h1-6,13,18H. The average Bonchev–Trinajstić information content (AvgIpc) is 2.26. The summed E-state index contributed by atoms with van der Waals surface area (Å²) in [6.45, 7) is 0. The number of halogens is 4. The molecule has 0 amide bonds. The van der Waals surface area contributed by atoms with Crippen LogP contribution in [0.4, 0.5) is 13.2 Å². The van der Waals surface area contributed by atoms with Crippen LogP contribution in [0.25, 0.3) is 0 Å². The van der Waals surface area contributed by atoms with Gasteiger partial charge in [-0.05, 0) is 29.8 Å². The summed E-state index contributed by atoms with van der Waals surface area (Å²) in [4.78, 5) is 0. The highest BCUT2D eigenvalue weighted by Crippen LogP contribution is 2.27. The zero-order valence-electron chi connectivity index (χ0n) is 9.00. The molecule has 0 aromatic heterocycles. The van der Waals surface area contributed by atoms with Crippen molar-refractivity contribution in [2.24, 2.45) is 0 Å². The molecule has 0 bridgehead atoms. The van der Waals surface area contributed by atoms with Gasteiger partial charge in [0.2, 0.25) is 0 Å². The zero-order valence-corrected chi connectivity index (χ0v) is 9.76. The molecule has 2 rings (SSSR count). The minimum atomic E-state index is -1.40. The van der Waals surface area contributed by atoms with Gasteiger partial charge < -0.3 is 5.11 Å². The maximum atomic E-state index is 13.5. The maximum Gasteiger partial charge on any atom is 0.132 e. The first-order valence-corrected chi connectivity index (χ1v) is 5.44. The van der Waals surface area contributed by atoms with Crippen LogP contribution in [-0.4, -0.2) is 5.11 Å². The fraction of sp³-hybridized carbons (Fsp3) is 0.0769. The van der Waals surface area contributed by atoms with Gasteiger partial charge in [-0.15, -0.1) is 0 Å². The molecule has 2 aromatic carbocycles. The summed E-state index contributed by atoms with van der Waals surface area (Å²) in [6, 6.07) is 6.20. The predicted octanol–water partition coefficient (Wildman–Crippen LogP) is 3.84. The van der Waals surface area contributed by atoms with Crippen LogP contribution >= 0.6 is 11.6 Å². The molecule has 5 heteroatoms. The van der Waals surface area contributed by atoms with Crippen LogP contribution in [-0.2, 0) is 0 Å². The Balaban J connectivity index is 2.44. The van der Waals surface area contributed by atoms with Crippen molar-refractivity contribution >= 4 is 11.6 Å². The summed E-state index contributed by atoms with van der Waals surface area (Å²) in [7, 11) is 0. The smallest absolute Gasteiger partial charge is 0.132 e. The lowest BCUT2D eigenvalue weighted by Gasteiger charge is -2.13. The highest BCUT2D eigenvalue weighted by Gasteiger charge is 2.16.